The lowest BCUT2D eigenvalue weighted by Gasteiger charge is -1.96. The van der Waals surface area contributed by atoms with Crippen molar-refractivity contribution in [3.05, 3.63) is 48.2 Å². The highest BCUT2D eigenvalue weighted by Crippen LogP contribution is 2.00. The van der Waals surface area contributed by atoms with Gasteiger partial charge in [-0.25, -0.2) is 0 Å². The van der Waals surface area contributed by atoms with Crippen molar-refractivity contribution in [2.45, 2.75) is 19.8 Å². The minimum atomic E-state index is -0.269. The number of hydrogen-bond acceptors (Lipinski definition) is 3. The van der Waals surface area contributed by atoms with E-state index in [9.17, 15) is 9.59 Å². The van der Waals surface area contributed by atoms with E-state index in [1.54, 1.807) is 0 Å². The van der Waals surface area contributed by atoms with Gasteiger partial charge in [-0.15, -0.1) is 5.11 Å². The molecule has 1 amide bonds. The van der Waals surface area contributed by atoms with Crippen molar-refractivity contribution in [1.29, 1.82) is 0 Å². The van der Waals surface area contributed by atoms with Crippen LogP contribution in [-0.4, -0.2) is 11.7 Å². The van der Waals surface area contributed by atoms with Gasteiger partial charge in [0.1, 0.15) is 5.78 Å². The standard InChI is InChI=1S/C10H12O.C3H2N2O/c1-2-10(11)8-9-6-4-3-5-7-9;6-3-1-2-4-5-3/h3-7H,2,8H2,1H3;1-2H. The number of azo groups is 1. The molecule has 0 unspecified atom stereocenters. The van der Waals surface area contributed by atoms with E-state index in [0.717, 1.165) is 5.56 Å². The number of nitrogens with zero attached hydrogens (tertiary/aromatic N) is 2. The number of Topliss-reactive ketones (excluding diaryl/α,β-unsaturated/α-hetero) is 1. The lowest BCUT2D eigenvalue weighted by Crippen LogP contribution is -1.99. The van der Waals surface area contributed by atoms with E-state index in [2.05, 4.69) is 10.2 Å². The van der Waals surface area contributed by atoms with Gasteiger partial charge >= 0.3 is 0 Å². The molecule has 0 saturated carbocycles. The van der Waals surface area contributed by atoms with Gasteiger partial charge in [-0.3, -0.25) is 9.59 Å². The van der Waals surface area contributed by atoms with Crippen LogP contribution in [0.2, 0.25) is 0 Å². The molecule has 0 fully saturated rings. The Hall–Kier alpha value is -2.10. The van der Waals surface area contributed by atoms with Crippen LogP contribution < -0.4 is 0 Å². The fourth-order valence-corrected chi connectivity index (χ4v) is 1.17. The number of rotatable bonds is 3. The molecule has 1 heterocycles. The topological polar surface area (TPSA) is 58.9 Å². The van der Waals surface area contributed by atoms with E-state index in [4.69, 9.17) is 0 Å². The van der Waals surface area contributed by atoms with Crippen LogP contribution in [0.15, 0.2) is 52.8 Å². The molecule has 0 bridgehead atoms. The molecule has 0 saturated heterocycles. The minimum Gasteiger partial charge on any atom is -0.299 e. The van der Waals surface area contributed by atoms with Crippen LogP contribution in [0, 0.1) is 0 Å². The SMILES string of the molecule is CCC(=O)Cc1ccccc1.O=C1C=CN=N1. The van der Waals surface area contributed by atoms with Gasteiger partial charge in [0.15, 0.2) is 0 Å². The smallest absolute Gasteiger partial charge is 0.289 e. The lowest BCUT2D eigenvalue weighted by molar-refractivity contribution is -0.118. The van der Waals surface area contributed by atoms with Crippen molar-refractivity contribution in [2.24, 2.45) is 10.2 Å². The Kier molecular flexibility index (Phi) is 5.51. The molecule has 0 spiro atoms. The summed E-state index contributed by atoms with van der Waals surface area (Å²) in [6.45, 7) is 1.89. The Balaban J connectivity index is 0.000000202. The minimum absolute atomic E-state index is 0.269. The molecule has 88 valence electrons. The molecule has 1 aliphatic rings. The number of amides is 1. The summed E-state index contributed by atoms with van der Waals surface area (Å²) in [6.07, 6.45) is 3.88. The number of ketones is 1. The van der Waals surface area contributed by atoms with Crippen LogP contribution in [0.3, 0.4) is 0 Å². The molecule has 0 atom stereocenters. The van der Waals surface area contributed by atoms with Gasteiger partial charge < -0.3 is 0 Å². The maximum atomic E-state index is 11.0. The molecule has 4 nitrogen and oxygen atoms in total. The van der Waals surface area contributed by atoms with Crippen molar-refractivity contribution >= 4 is 11.7 Å². The van der Waals surface area contributed by atoms with Crippen LogP contribution in [0.25, 0.3) is 0 Å². The summed E-state index contributed by atoms with van der Waals surface area (Å²) in [5, 5.41) is 6.37. The first-order valence-electron chi connectivity index (χ1n) is 5.39. The number of carbonyl (C=O) groups excluding carboxylic acids is 2. The summed E-state index contributed by atoms with van der Waals surface area (Å²) >= 11 is 0. The quantitative estimate of drug-likeness (QED) is 0.801. The summed E-state index contributed by atoms with van der Waals surface area (Å²) in [7, 11) is 0. The molecule has 0 N–H and O–H groups in total. The van der Waals surface area contributed by atoms with E-state index >= 15 is 0 Å². The van der Waals surface area contributed by atoms with E-state index in [0.29, 0.717) is 18.6 Å². The Labute approximate surface area is 100 Å². The normalized spacial score (nSPS) is 12.2. The second kappa shape index (κ2) is 7.22. The number of benzene rings is 1. The maximum Gasteiger partial charge on any atom is 0.289 e. The summed E-state index contributed by atoms with van der Waals surface area (Å²) in [6, 6.07) is 9.83. The monoisotopic (exact) mass is 230 g/mol. The fourth-order valence-electron chi connectivity index (χ4n) is 1.17. The molecule has 0 aliphatic carbocycles. The van der Waals surface area contributed by atoms with Crippen molar-refractivity contribution in [3.63, 3.8) is 0 Å². The van der Waals surface area contributed by atoms with Crippen LogP contribution in [0.5, 0.6) is 0 Å². The zero-order valence-electron chi connectivity index (χ0n) is 9.67. The molecule has 1 aromatic rings. The largest absolute Gasteiger partial charge is 0.299 e. The average molecular weight is 230 g/mol. The number of carbonyl (C=O) groups is 2. The predicted octanol–water partition coefficient (Wildman–Crippen LogP) is 2.70. The Bertz CT molecular complexity index is 422. The lowest BCUT2D eigenvalue weighted by atomic mass is 10.1. The molecular weight excluding hydrogens is 216 g/mol. The van der Waals surface area contributed by atoms with Gasteiger partial charge in [-0.1, -0.05) is 37.3 Å². The Morgan fingerprint density at radius 1 is 1.24 bits per heavy atom. The van der Waals surface area contributed by atoms with Crippen LogP contribution >= 0.6 is 0 Å². The molecule has 4 heteroatoms. The van der Waals surface area contributed by atoms with Crippen molar-refractivity contribution in [3.8, 4) is 0 Å². The molecule has 0 aromatic heterocycles. The van der Waals surface area contributed by atoms with Gasteiger partial charge in [0.25, 0.3) is 5.91 Å². The van der Waals surface area contributed by atoms with E-state index in [1.807, 2.05) is 37.3 Å². The maximum absolute atomic E-state index is 11.0. The third-order valence-electron chi connectivity index (χ3n) is 2.08. The predicted molar refractivity (Wildman–Crippen MR) is 64.4 cm³/mol. The Morgan fingerprint density at radius 3 is 2.35 bits per heavy atom. The van der Waals surface area contributed by atoms with Crippen LogP contribution in [0.4, 0.5) is 0 Å². The van der Waals surface area contributed by atoms with Gasteiger partial charge in [0, 0.05) is 18.9 Å². The van der Waals surface area contributed by atoms with Crippen molar-refractivity contribution in [2.75, 3.05) is 0 Å². The fraction of sp³-hybridized carbons (Fsp3) is 0.231. The van der Waals surface area contributed by atoms with Gasteiger partial charge in [-0.05, 0) is 5.56 Å². The molecule has 1 aliphatic heterocycles. The van der Waals surface area contributed by atoms with Crippen LogP contribution in [0.1, 0.15) is 18.9 Å². The van der Waals surface area contributed by atoms with Crippen molar-refractivity contribution in [1.82, 2.24) is 0 Å². The van der Waals surface area contributed by atoms with Crippen molar-refractivity contribution < 1.29 is 9.59 Å². The first-order chi connectivity index (χ1) is 8.22. The van der Waals surface area contributed by atoms with Gasteiger partial charge in [0.05, 0.1) is 6.20 Å². The van der Waals surface area contributed by atoms with Gasteiger partial charge in [-0.2, -0.15) is 5.11 Å². The van der Waals surface area contributed by atoms with Gasteiger partial charge in [0.2, 0.25) is 0 Å². The summed E-state index contributed by atoms with van der Waals surface area (Å²) in [5.74, 6) is 0.0335. The van der Waals surface area contributed by atoms with E-state index in [1.165, 1.54) is 12.3 Å². The third kappa shape index (κ3) is 5.51. The zero-order valence-corrected chi connectivity index (χ0v) is 9.67. The van der Waals surface area contributed by atoms with Crippen LogP contribution in [-0.2, 0) is 16.0 Å². The average Bonchev–Trinajstić information content (AvgIpc) is 2.82. The highest BCUT2D eigenvalue weighted by molar-refractivity contribution is 5.89. The summed E-state index contributed by atoms with van der Waals surface area (Å²) < 4.78 is 0. The zero-order chi connectivity index (χ0) is 12.5. The molecule has 2 rings (SSSR count). The summed E-state index contributed by atoms with van der Waals surface area (Å²) in [5.41, 5.74) is 1.11. The summed E-state index contributed by atoms with van der Waals surface area (Å²) in [4.78, 5) is 20.9. The first-order valence-corrected chi connectivity index (χ1v) is 5.39. The highest BCUT2D eigenvalue weighted by Gasteiger charge is 1.98. The molecule has 1 aromatic carbocycles. The number of hydrogen-bond donors (Lipinski definition) is 0. The Morgan fingerprint density at radius 2 is 1.94 bits per heavy atom. The van der Waals surface area contributed by atoms with E-state index < -0.39 is 0 Å². The first kappa shape index (κ1) is 13.0. The molecule has 17 heavy (non-hydrogen) atoms. The highest BCUT2D eigenvalue weighted by atomic mass is 16.1. The second-order valence-electron chi connectivity index (χ2n) is 3.42. The molecular formula is C13H14N2O2. The third-order valence-corrected chi connectivity index (χ3v) is 2.08. The molecule has 0 radical (unpaired) electrons. The second-order valence-corrected chi connectivity index (χ2v) is 3.42. The van der Waals surface area contributed by atoms with E-state index in [-0.39, 0.29) is 5.91 Å².